The quantitative estimate of drug-likeness (QED) is 0.497. The number of amides is 1. The average Bonchev–Trinajstić information content (AvgIpc) is 3.49. The number of hydrogen-bond acceptors (Lipinski definition) is 7. The molecule has 0 bridgehead atoms. The summed E-state index contributed by atoms with van der Waals surface area (Å²) in [6.07, 6.45) is 5.25. The fraction of sp³-hybridized carbons (Fsp3) is 0.409. The van der Waals surface area contributed by atoms with Gasteiger partial charge in [-0.1, -0.05) is 11.8 Å². The lowest BCUT2D eigenvalue weighted by atomic mass is 10.0. The Hall–Kier alpha value is -2.78. The number of hydrogen-bond donors (Lipinski definition) is 0. The van der Waals surface area contributed by atoms with Gasteiger partial charge in [0, 0.05) is 11.7 Å². The molecule has 3 heterocycles. The third kappa shape index (κ3) is 5.29. The Morgan fingerprint density at radius 3 is 2.71 bits per heavy atom. The molecule has 0 aliphatic carbocycles. The summed E-state index contributed by atoms with van der Waals surface area (Å²) < 4.78 is 12.6. The van der Waals surface area contributed by atoms with Crippen molar-refractivity contribution >= 4 is 17.7 Å². The number of carbonyl (C=O) groups excluding carboxylic acids is 1. The molecule has 1 aliphatic rings. The molecule has 0 radical (unpaired) electrons. The summed E-state index contributed by atoms with van der Waals surface area (Å²) in [6, 6.07) is 11.7. The van der Waals surface area contributed by atoms with Crippen molar-refractivity contribution in [2.45, 2.75) is 30.6 Å². The normalized spacial score (nSPS) is 15.2. The minimum absolute atomic E-state index is 0.0835. The molecule has 3 aromatic rings. The summed E-state index contributed by atoms with van der Waals surface area (Å²) in [4.78, 5) is 17.5. The molecule has 0 N–H and O–H groups in total. The van der Waals surface area contributed by atoms with Gasteiger partial charge in [-0.2, -0.15) is 0 Å². The molecule has 4 rings (SSSR count). The van der Waals surface area contributed by atoms with Gasteiger partial charge in [0.05, 0.1) is 25.7 Å². The van der Waals surface area contributed by atoms with Gasteiger partial charge in [-0.15, -0.1) is 10.2 Å². The number of benzene rings is 1. The van der Waals surface area contributed by atoms with E-state index in [9.17, 15) is 4.79 Å². The van der Waals surface area contributed by atoms with Crippen LogP contribution in [0, 0.1) is 0 Å². The van der Waals surface area contributed by atoms with E-state index < -0.39 is 0 Å². The van der Waals surface area contributed by atoms with Crippen LogP contribution in [0.25, 0.3) is 5.69 Å². The molecule has 1 fully saturated rings. The first-order valence-electron chi connectivity index (χ1n) is 10.3. The lowest BCUT2D eigenvalue weighted by molar-refractivity contribution is -0.132. The zero-order chi connectivity index (χ0) is 21.6. The summed E-state index contributed by atoms with van der Waals surface area (Å²) in [7, 11) is 3.76. The second-order valence-electron chi connectivity index (χ2n) is 7.61. The Labute approximate surface area is 186 Å². The largest absolute Gasteiger partial charge is 0.497 e. The molecular weight excluding hydrogens is 414 g/mol. The molecule has 9 heteroatoms. The highest BCUT2D eigenvalue weighted by atomic mass is 32.2. The Bertz CT molecular complexity index is 965. The molecule has 1 amide bonds. The number of rotatable bonds is 8. The van der Waals surface area contributed by atoms with Gasteiger partial charge in [0.1, 0.15) is 17.8 Å². The fourth-order valence-corrected chi connectivity index (χ4v) is 4.56. The number of carbonyl (C=O) groups is 1. The van der Waals surface area contributed by atoms with Crippen molar-refractivity contribution in [3.05, 3.63) is 54.7 Å². The van der Waals surface area contributed by atoms with Crippen molar-refractivity contribution in [2.75, 3.05) is 33.0 Å². The standard InChI is InChI=1S/C22H27N5O3S/c1-25-11-9-18(10-12-25)26(14-20-4-3-13-30-20)21(28)15-31-22-24-23-16-27(22)17-5-7-19(29-2)8-6-17/h3-8,13,16,18H,9-12,14-15H2,1-2H3. The number of piperidine rings is 1. The molecular formula is C22H27N5O3S. The Balaban J connectivity index is 1.44. The lowest BCUT2D eigenvalue weighted by Crippen LogP contribution is -2.46. The zero-order valence-electron chi connectivity index (χ0n) is 17.8. The van der Waals surface area contributed by atoms with Crippen LogP contribution < -0.4 is 4.74 Å². The highest BCUT2D eigenvalue weighted by molar-refractivity contribution is 7.99. The summed E-state index contributed by atoms with van der Waals surface area (Å²) >= 11 is 1.40. The van der Waals surface area contributed by atoms with Crippen LogP contribution in [0.5, 0.6) is 5.75 Å². The Morgan fingerprint density at radius 2 is 2.03 bits per heavy atom. The van der Waals surface area contributed by atoms with E-state index >= 15 is 0 Å². The highest BCUT2D eigenvalue weighted by Gasteiger charge is 2.28. The number of aromatic nitrogens is 3. The maximum absolute atomic E-state index is 13.3. The van der Waals surface area contributed by atoms with Gasteiger partial charge in [-0.05, 0) is 69.4 Å². The lowest BCUT2D eigenvalue weighted by Gasteiger charge is -2.37. The predicted octanol–water partition coefficient (Wildman–Crippen LogP) is 3.08. The molecule has 0 unspecified atom stereocenters. The number of thioether (sulfide) groups is 1. The van der Waals surface area contributed by atoms with Crippen LogP contribution in [0.4, 0.5) is 0 Å². The van der Waals surface area contributed by atoms with Gasteiger partial charge in [0.2, 0.25) is 5.91 Å². The zero-order valence-corrected chi connectivity index (χ0v) is 18.6. The first kappa shape index (κ1) is 21.5. The van der Waals surface area contributed by atoms with E-state index in [0.29, 0.717) is 17.5 Å². The monoisotopic (exact) mass is 441 g/mol. The van der Waals surface area contributed by atoms with E-state index in [2.05, 4.69) is 22.1 Å². The van der Waals surface area contributed by atoms with Gasteiger partial charge in [0.25, 0.3) is 0 Å². The van der Waals surface area contributed by atoms with Crippen LogP contribution in [-0.2, 0) is 11.3 Å². The van der Waals surface area contributed by atoms with Crippen molar-refractivity contribution in [3.8, 4) is 11.4 Å². The van der Waals surface area contributed by atoms with Crippen LogP contribution >= 0.6 is 11.8 Å². The third-order valence-corrected chi connectivity index (χ3v) is 6.48. The summed E-state index contributed by atoms with van der Waals surface area (Å²) in [6.45, 7) is 2.48. The van der Waals surface area contributed by atoms with Crippen molar-refractivity contribution < 1.29 is 13.9 Å². The molecule has 8 nitrogen and oxygen atoms in total. The predicted molar refractivity (Wildman–Crippen MR) is 118 cm³/mol. The topological polar surface area (TPSA) is 76.6 Å². The van der Waals surface area contributed by atoms with Crippen LogP contribution in [0.3, 0.4) is 0 Å². The molecule has 0 spiro atoms. The molecule has 2 aromatic heterocycles. The third-order valence-electron chi connectivity index (χ3n) is 5.55. The van der Waals surface area contributed by atoms with E-state index in [1.807, 2.05) is 45.9 Å². The van der Waals surface area contributed by atoms with Crippen LogP contribution in [0.1, 0.15) is 18.6 Å². The van der Waals surface area contributed by atoms with Crippen molar-refractivity contribution in [3.63, 3.8) is 0 Å². The van der Waals surface area contributed by atoms with Crippen molar-refractivity contribution in [1.29, 1.82) is 0 Å². The number of nitrogens with zero attached hydrogens (tertiary/aromatic N) is 5. The number of ether oxygens (including phenoxy) is 1. The SMILES string of the molecule is COc1ccc(-n2cnnc2SCC(=O)N(Cc2ccco2)C2CCN(C)CC2)cc1. The Kier molecular flexibility index (Phi) is 6.93. The van der Waals surface area contributed by atoms with E-state index in [4.69, 9.17) is 9.15 Å². The van der Waals surface area contributed by atoms with Gasteiger partial charge in [-0.25, -0.2) is 0 Å². The first-order chi connectivity index (χ1) is 15.1. The second-order valence-corrected chi connectivity index (χ2v) is 8.55. The molecule has 164 valence electrons. The van der Waals surface area contributed by atoms with Crippen LogP contribution in [0.2, 0.25) is 0 Å². The van der Waals surface area contributed by atoms with E-state index in [0.717, 1.165) is 43.1 Å². The summed E-state index contributed by atoms with van der Waals surface area (Å²) in [5.74, 6) is 1.97. The van der Waals surface area contributed by atoms with E-state index in [-0.39, 0.29) is 11.9 Å². The smallest absolute Gasteiger partial charge is 0.233 e. The minimum Gasteiger partial charge on any atom is -0.497 e. The Morgan fingerprint density at radius 1 is 1.26 bits per heavy atom. The fourth-order valence-electron chi connectivity index (χ4n) is 3.75. The molecule has 1 aromatic carbocycles. The molecule has 0 atom stereocenters. The maximum atomic E-state index is 13.3. The molecule has 1 saturated heterocycles. The number of furan rings is 1. The van der Waals surface area contributed by atoms with Crippen LogP contribution in [-0.4, -0.2) is 69.5 Å². The average molecular weight is 442 g/mol. The van der Waals surface area contributed by atoms with Gasteiger partial charge < -0.3 is 19.0 Å². The van der Waals surface area contributed by atoms with Crippen LogP contribution in [0.15, 0.2) is 58.6 Å². The molecule has 0 saturated carbocycles. The number of methoxy groups -OCH3 is 1. The van der Waals surface area contributed by atoms with Crippen molar-refractivity contribution in [1.82, 2.24) is 24.6 Å². The van der Waals surface area contributed by atoms with Gasteiger partial charge >= 0.3 is 0 Å². The summed E-state index contributed by atoms with van der Waals surface area (Å²) in [5.41, 5.74) is 0.920. The van der Waals surface area contributed by atoms with Gasteiger partial charge in [0.15, 0.2) is 5.16 Å². The van der Waals surface area contributed by atoms with E-state index in [1.54, 1.807) is 19.7 Å². The first-order valence-corrected chi connectivity index (χ1v) is 11.3. The van der Waals surface area contributed by atoms with Crippen molar-refractivity contribution in [2.24, 2.45) is 0 Å². The molecule has 31 heavy (non-hydrogen) atoms. The second kappa shape index (κ2) is 10.0. The van der Waals surface area contributed by atoms with Gasteiger partial charge in [-0.3, -0.25) is 9.36 Å². The maximum Gasteiger partial charge on any atom is 0.233 e. The highest BCUT2D eigenvalue weighted by Crippen LogP contribution is 2.24. The molecule has 1 aliphatic heterocycles. The summed E-state index contributed by atoms with van der Waals surface area (Å²) in [5, 5.41) is 8.93. The number of likely N-dealkylation sites (tertiary alicyclic amines) is 1. The minimum atomic E-state index is 0.0835. The van der Waals surface area contributed by atoms with E-state index in [1.165, 1.54) is 11.8 Å².